The van der Waals surface area contributed by atoms with Crippen LogP contribution in [0.2, 0.25) is 0 Å². The first-order valence-corrected chi connectivity index (χ1v) is 9.16. The van der Waals surface area contributed by atoms with Gasteiger partial charge in [-0.2, -0.15) is 0 Å². The van der Waals surface area contributed by atoms with E-state index in [9.17, 15) is 8.42 Å². The van der Waals surface area contributed by atoms with Crippen molar-refractivity contribution in [2.45, 2.75) is 25.3 Å². The lowest BCUT2D eigenvalue weighted by molar-refractivity contribution is 0.305. The van der Waals surface area contributed by atoms with Gasteiger partial charge in [-0.15, -0.1) is 0 Å². The van der Waals surface area contributed by atoms with Crippen LogP contribution in [-0.2, 0) is 15.7 Å². The molecule has 2 rings (SSSR count). The maximum atomic E-state index is 11.5. The highest BCUT2D eigenvalue weighted by Crippen LogP contribution is 2.28. The summed E-state index contributed by atoms with van der Waals surface area (Å²) >= 11 is 3.34. The summed E-state index contributed by atoms with van der Waals surface area (Å²) in [6, 6.07) is 5.23. The fourth-order valence-corrected chi connectivity index (χ4v) is 4.11. The van der Waals surface area contributed by atoms with Gasteiger partial charge >= 0.3 is 0 Å². The number of halogens is 2. The zero-order valence-electron chi connectivity index (χ0n) is 11.4. The second kappa shape index (κ2) is 6.34. The third-order valence-corrected chi connectivity index (χ3v) is 4.87. The van der Waals surface area contributed by atoms with E-state index >= 15 is 0 Å². The van der Waals surface area contributed by atoms with Crippen molar-refractivity contribution < 1.29 is 13.2 Å². The van der Waals surface area contributed by atoms with Crippen molar-refractivity contribution in [2.75, 3.05) is 0 Å². The number of rotatable bonds is 4. The smallest absolute Gasteiger partial charge is 0.261 e. The second-order valence-electron chi connectivity index (χ2n) is 4.62. The molecule has 0 N–H and O–H groups in total. The standard InChI is InChI=1S/C14H13BrClNO3S/c1-9-3-13(4-10(2)14(9)21(16,18)19)20-8-11-5-12(15)7-17-6-11/h3-7H,8H2,1-2H3. The van der Waals surface area contributed by atoms with Crippen LogP contribution in [0.4, 0.5) is 0 Å². The minimum Gasteiger partial charge on any atom is -0.489 e. The Labute approximate surface area is 136 Å². The number of ether oxygens (including phenoxy) is 1. The number of hydrogen-bond donors (Lipinski definition) is 0. The first kappa shape index (κ1) is 16.3. The highest BCUT2D eigenvalue weighted by Gasteiger charge is 2.17. The highest BCUT2D eigenvalue weighted by atomic mass is 79.9. The summed E-state index contributed by atoms with van der Waals surface area (Å²) in [5.74, 6) is 0.592. The molecule has 21 heavy (non-hydrogen) atoms. The topological polar surface area (TPSA) is 56.3 Å². The van der Waals surface area contributed by atoms with Crippen LogP contribution in [0.1, 0.15) is 16.7 Å². The number of hydrogen-bond acceptors (Lipinski definition) is 4. The minimum atomic E-state index is -3.75. The van der Waals surface area contributed by atoms with E-state index in [0.29, 0.717) is 23.5 Å². The third-order valence-electron chi connectivity index (χ3n) is 2.84. The fraction of sp³-hybridized carbons (Fsp3) is 0.214. The summed E-state index contributed by atoms with van der Waals surface area (Å²) in [6.45, 7) is 3.73. The van der Waals surface area contributed by atoms with Gasteiger partial charge in [0.2, 0.25) is 0 Å². The predicted molar refractivity (Wildman–Crippen MR) is 85.2 cm³/mol. The molecule has 0 radical (unpaired) electrons. The van der Waals surface area contributed by atoms with Crippen molar-refractivity contribution in [1.29, 1.82) is 0 Å². The van der Waals surface area contributed by atoms with Crippen molar-refractivity contribution in [1.82, 2.24) is 4.98 Å². The zero-order valence-corrected chi connectivity index (χ0v) is 14.6. The van der Waals surface area contributed by atoms with Gasteiger partial charge in [0.05, 0.1) is 4.90 Å². The quantitative estimate of drug-likeness (QED) is 0.741. The van der Waals surface area contributed by atoms with Crippen molar-refractivity contribution >= 4 is 35.7 Å². The summed E-state index contributed by atoms with van der Waals surface area (Å²) in [5, 5.41) is 0. The van der Waals surface area contributed by atoms with E-state index < -0.39 is 9.05 Å². The van der Waals surface area contributed by atoms with E-state index in [1.54, 1.807) is 38.4 Å². The van der Waals surface area contributed by atoms with Gasteiger partial charge in [-0.3, -0.25) is 4.98 Å². The molecule has 0 amide bonds. The summed E-state index contributed by atoms with van der Waals surface area (Å²) in [5.41, 5.74) is 2.04. The van der Waals surface area contributed by atoms with Gasteiger partial charge in [0.1, 0.15) is 12.4 Å². The molecule has 0 unspecified atom stereocenters. The molecular formula is C14H13BrClNO3S. The zero-order chi connectivity index (χ0) is 15.6. The summed E-state index contributed by atoms with van der Waals surface area (Å²) < 4.78 is 29.6. The van der Waals surface area contributed by atoms with Crippen LogP contribution in [0.15, 0.2) is 40.0 Å². The highest BCUT2D eigenvalue weighted by molar-refractivity contribution is 9.10. The van der Waals surface area contributed by atoms with Crippen LogP contribution in [0.3, 0.4) is 0 Å². The summed E-state index contributed by atoms with van der Waals surface area (Å²) in [4.78, 5) is 4.19. The van der Waals surface area contributed by atoms with Crippen molar-refractivity contribution in [2.24, 2.45) is 0 Å². The van der Waals surface area contributed by atoms with Gasteiger partial charge in [0.15, 0.2) is 0 Å². The first-order chi connectivity index (χ1) is 9.77. The molecule has 1 aromatic heterocycles. The molecule has 112 valence electrons. The Hall–Kier alpha value is -1.11. The number of pyridine rings is 1. The van der Waals surface area contributed by atoms with Gasteiger partial charge in [-0.05, 0) is 59.1 Å². The molecule has 0 aliphatic heterocycles. The molecule has 7 heteroatoms. The number of benzene rings is 1. The van der Waals surface area contributed by atoms with E-state index in [-0.39, 0.29) is 4.90 Å². The lowest BCUT2D eigenvalue weighted by atomic mass is 10.1. The molecule has 0 saturated carbocycles. The van der Waals surface area contributed by atoms with Crippen LogP contribution >= 0.6 is 26.6 Å². The van der Waals surface area contributed by atoms with Gasteiger partial charge in [-0.25, -0.2) is 8.42 Å². The molecule has 0 spiro atoms. The van der Waals surface area contributed by atoms with Crippen LogP contribution in [-0.4, -0.2) is 13.4 Å². The number of aryl methyl sites for hydroxylation is 2. The molecule has 1 aromatic carbocycles. The van der Waals surface area contributed by atoms with Crippen molar-refractivity contribution in [3.05, 3.63) is 51.8 Å². The maximum Gasteiger partial charge on any atom is 0.261 e. The van der Waals surface area contributed by atoms with Gasteiger partial charge in [-0.1, -0.05) is 0 Å². The van der Waals surface area contributed by atoms with E-state index in [2.05, 4.69) is 20.9 Å². The molecule has 0 aliphatic carbocycles. The van der Waals surface area contributed by atoms with Gasteiger partial charge in [0, 0.05) is 33.1 Å². The third kappa shape index (κ3) is 4.18. The lowest BCUT2D eigenvalue weighted by Crippen LogP contribution is -2.01. The fourth-order valence-electron chi connectivity index (χ4n) is 2.08. The van der Waals surface area contributed by atoms with E-state index in [1.807, 2.05) is 6.07 Å². The molecule has 2 aromatic rings. The molecule has 4 nitrogen and oxygen atoms in total. The van der Waals surface area contributed by atoms with Crippen molar-refractivity contribution in [3.8, 4) is 5.75 Å². The first-order valence-electron chi connectivity index (χ1n) is 6.05. The Bertz CT molecular complexity index is 755. The molecule has 0 saturated heterocycles. The summed E-state index contributed by atoms with van der Waals surface area (Å²) in [6.07, 6.45) is 3.40. The maximum absolute atomic E-state index is 11.5. The number of aromatic nitrogens is 1. The lowest BCUT2D eigenvalue weighted by Gasteiger charge is -2.11. The Morgan fingerprint density at radius 2 is 1.81 bits per heavy atom. The molecule has 0 aliphatic rings. The van der Waals surface area contributed by atoms with Gasteiger partial charge < -0.3 is 4.74 Å². The predicted octanol–water partition coefficient (Wildman–Crippen LogP) is 3.97. The van der Waals surface area contributed by atoms with Crippen LogP contribution < -0.4 is 4.74 Å². The van der Waals surface area contributed by atoms with Crippen LogP contribution in [0, 0.1) is 13.8 Å². The Balaban J connectivity index is 2.23. The molecule has 0 fully saturated rings. The molecule has 0 bridgehead atoms. The second-order valence-corrected chi connectivity index (χ2v) is 8.04. The monoisotopic (exact) mass is 389 g/mol. The normalized spacial score (nSPS) is 11.4. The van der Waals surface area contributed by atoms with Crippen LogP contribution in [0.5, 0.6) is 5.75 Å². The van der Waals surface area contributed by atoms with E-state index in [1.165, 1.54) is 0 Å². The molecule has 1 heterocycles. The largest absolute Gasteiger partial charge is 0.489 e. The number of nitrogens with zero attached hydrogens (tertiary/aromatic N) is 1. The SMILES string of the molecule is Cc1cc(OCc2cncc(Br)c2)cc(C)c1S(=O)(=O)Cl. The van der Waals surface area contributed by atoms with Crippen molar-refractivity contribution in [3.63, 3.8) is 0 Å². The Kier molecular flexibility index (Phi) is 4.91. The Morgan fingerprint density at radius 3 is 2.33 bits per heavy atom. The Morgan fingerprint density at radius 1 is 1.19 bits per heavy atom. The summed E-state index contributed by atoms with van der Waals surface area (Å²) in [7, 11) is 1.68. The molecule has 0 atom stereocenters. The van der Waals surface area contributed by atoms with E-state index in [4.69, 9.17) is 15.4 Å². The van der Waals surface area contributed by atoms with E-state index in [0.717, 1.165) is 10.0 Å². The minimum absolute atomic E-state index is 0.139. The average molecular weight is 391 g/mol. The average Bonchev–Trinajstić information content (AvgIpc) is 2.34. The van der Waals surface area contributed by atoms with Crippen LogP contribution in [0.25, 0.3) is 0 Å². The molecular weight excluding hydrogens is 378 g/mol. The van der Waals surface area contributed by atoms with Gasteiger partial charge in [0.25, 0.3) is 9.05 Å².